The molecule has 0 spiro atoms. The number of amidine groups is 1. The molecule has 0 unspecified atom stereocenters. The standard InChI is InChI=1S/C16H22N8O/c1-10(2)14(15(17)24(18)13-7-5-6-8-19-13)21-22-16-12(11(3)25)9-20-23(16)4/h5-7,9,17,19,22H,1,8,18H2,2-4H3. The zero-order valence-corrected chi connectivity index (χ0v) is 14.5. The van der Waals surface area contributed by atoms with Crippen LogP contribution in [0.4, 0.5) is 5.82 Å². The predicted molar refractivity (Wildman–Crippen MR) is 98.1 cm³/mol. The van der Waals surface area contributed by atoms with E-state index in [1.165, 1.54) is 22.8 Å². The molecule has 0 bridgehead atoms. The highest BCUT2D eigenvalue weighted by Crippen LogP contribution is 2.15. The predicted octanol–water partition coefficient (Wildman–Crippen LogP) is 1.12. The van der Waals surface area contributed by atoms with Crippen LogP contribution >= 0.6 is 0 Å². The van der Waals surface area contributed by atoms with E-state index in [2.05, 4.69) is 27.5 Å². The Kier molecular flexibility index (Phi) is 5.50. The minimum atomic E-state index is -0.137. The number of rotatable bonds is 6. The smallest absolute Gasteiger partial charge is 0.169 e. The van der Waals surface area contributed by atoms with Gasteiger partial charge in [-0.25, -0.2) is 10.9 Å². The maximum Gasteiger partial charge on any atom is 0.169 e. The number of allylic oxidation sites excluding steroid dienone is 2. The molecule has 0 saturated carbocycles. The number of aryl methyl sites for hydroxylation is 1. The van der Waals surface area contributed by atoms with Crippen LogP contribution in [0.25, 0.3) is 0 Å². The summed E-state index contributed by atoms with van der Waals surface area (Å²) in [5, 5.41) is 20.8. The van der Waals surface area contributed by atoms with Gasteiger partial charge in [-0.05, 0) is 25.5 Å². The van der Waals surface area contributed by atoms with E-state index in [9.17, 15) is 4.79 Å². The van der Waals surface area contributed by atoms with Crippen LogP contribution in [0.2, 0.25) is 0 Å². The number of anilines is 1. The van der Waals surface area contributed by atoms with Gasteiger partial charge in [0.2, 0.25) is 0 Å². The molecule has 0 aromatic carbocycles. The first-order valence-electron chi connectivity index (χ1n) is 7.60. The second-order valence-electron chi connectivity index (χ2n) is 5.52. The summed E-state index contributed by atoms with van der Waals surface area (Å²) in [5.41, 5.74) is 4.01. The molecule has 1 aliphatic rings. The maximum absolute atomic E-state index is 11.7. The van der Waals surface area contributed by atoms with Gasteiger partial charge in [0.15, 0.2) is 17.4 Å². The SMILES string of the molecule is C=C(C)C(=NNc1c(C(C)=O)cnn1C)C(=N)N(N)C1=CC=CCN1. The van der Waals surface area contributed by atoms with Gasteiger partial charge < -0.3 is 5.32 Å². The molecule has 0 atom stereocenters. The number of dihydropyridines is 1. The molecule has 2 heterocycles. The van der Waals surface area contributed by atoms with Gasteiger partial charge in [0.05, 0.1) is 11.8 Å². The van der Waals surface area contributed by atoms with Crippen molar-refractivity contribution in [2.24, 2.45) is 18.0 Å². The first-order chi connectivity index (χ1) is 11.8. The third-order valence-electron chi connectivity index (χ3n) is 3.51. The highest BCUT2D eigenvalue weighted by Gasteiger charge is 2.19. The van der Waals surface area contributed by atoms with Crippen molar-refractivity contribution >= 4 is 23.1 Å². The molecule has 132 valence electrons. The van der Waals surface area contributed by atoms with Crippen LogP contribution in [0.1, 0.15) is 24.2 Å². The summed E-state index contributed by atoms with van der Waals surface area (Å²) in [4.78, 5) is 11.7. The number of hydrogen-bond donors (Lipinski definition) is 4. The zero-order chi connectivity index (χ0) is 18.6. The summed E-state index contributed by atoms with van der Waals surface area (Å²) in [5.74, 6) is 6.84. The fourth-order valence-corrected chi connectivity index (χ4v) is 2.14. The van der Waals surface area contributed by atoms with Crippen LogP contribution < -0.4 is 16.6 Å². The van der Waals surface area contributed by atoms with Gasteiger partial charge in [-0.2, -0.15) is 10.2 Å². The van der Waals surface area contributed by atoms with E-state index in [0.29, 0.717) is 29.3 Å². The molecule has 9 heteroatoms. The number of hydrogen-bond acceptors (Lipinski definition) is 7. The van der Waals surface area contributed by atoms with Crippen LogP contribution in [-0.2, 0) is 7.05 Å². The number of carbonyl (C=O) groups excluding carboxylic acids is 1. The molecule has 0 fully saturated rings. The summed E-state index contributed by atoms with van der Waals surface area (Å²) >= 11 is 0. The van der Waals surface area contributed by atoms with Crippen LogP contribution in [0.3, 0.4) is 0 Å². The lowest BCUT2D eigenvalue weighted by molar-refractivity contribution is 0.101. The molecular weight excluding hydrogens is 320 g/mol. The summed E-state index contributed by atoms with van der Waals surface area (Å²) in [7, 11) is 1.69. The van der Waals surface area contributed by atoms with Crippen molar-refractivity contribution < 1.29 is 4.79 Å². The van der Waals surface area contributed by atoms with E-state index < -0.39 is 0 Å². The van der Waals surface area contributed by atoms with Crippen LogP contribution in [-0.4, -0.2) is 38.7 Å². The second-order valence-corrected chi connectivity index (χ2v) is 5.52. The van der Waals surface area contributed by atoms with Gasteiger partial charge in [-0.15, -0.1) is 0 Å². The zero-order valence-electron chi connectivity index (χ0n) is 14.5. The number of ketones is 1. The summed E-state index contributed by atoms with van der Waals surface area (Å²) in [6.45, 7) is 7.64. The molecule has 9 nitrogen and oxygen atoms in total. The molecule has 1 aromatic heterocycles. The van der Waals surface area contributed by atoms with Gasteiger partial charge in [0, 0.05) is 13.6 Å². The van der Waals surface area contributed by atoms with Crippen molar-refractivity contribution in [3.05, 3.63) is 48.0 Å². The van der Waals surface area contributed by atoms with Gasteiger partial charge >= 0.3 is 0 Å². The monoisotopic (exact) mass is 342 g/mol. The molecule has 0 saturated heterocycles. The van der Waals surface area contributed by atoms with Crippen LogP contribution in [0, 0.1) is 5.41 Å². The highest BCUT2D eigenvalue weighted by atomic mass is 16.1. The minimum absolute atomic E-state index is 0.0411. The molecule has 25 heavy (non-hydrogen) atoms. The minimum Gasteiger partial charge on any atom is -0.367 e. The van der Waals surface area contributed by atoms with Crippen molar-refractivity contribution in [3.8, 4) is 0 Å². The number of hydrazine groups is 1. The second kappa shape index (κ2) is 7.58. The number of nitrogens with one attached hydrogen (secondary N) is 3. The van der Waals surface area contributed by atoms with E-state index in [0.717, 1.165) is 0 Å². The Bertz CT molecular complexity index is 799. The Hall–Kier alpha value is -3.20. The first-order valence-corrected chi connectivity index (χ1v) is 7.60. The largest absolute Gasteiger partial charge is 0.367 e. The van der Waals surface area contributed by atoms with Crippen LogP contribution in [0.15, 0.2) is 47.5 Å². The number of nitrogens with zero attached hydrogens (tertiary/aromatic N) is 4. The third kappa shape index (κ3) is 4.01. The summed E-state index contributed by atoms with van der Waals surface area (Å²) < 4.78 is 1.50. The maximum atomic E-state index is 11.7. The lowest BCUT2D eigenvalue weighted by atomic mass is 10.2. The van der Waals surface area contributed by atoms with Gasteiger partial charge in [-0.1, -0.05) is 18.7 Å². The third-order valence-corrected chi connectivity index (χ3v) is 3.51. The Morgan fingerprint density at radius 1 is 1.56 bits per heavy atom. The van der Waals surface area contributed by atoms with Crippen LogP contribution in [0.5, 0.6) is 0 Å². The van der Waals surface area contributed by atoms with Crippen molar-refractivity contribution in [2.75, 3.05) is 12.0 Å². The van der Waals surface area contributed by atoms with E-state index in [4.69, 9.17) is 11.3 Å². The van der Waals surface area contributed by atoms with Crippen molar-refractivity contribution in [1.29, 1.82) is 5.41 Å². The highest BCUT2D eigenvalue weighted by molar-refractivity contribution is 6.46. The quantitative estimate of drug-likeness (QED) is 0.202. The number of hydrazone groups is 1. The average Bonchev–Trinajstić information content (AvgIpc) is 2.96. The molecule has 0 amide bonds. The van der Waals surface area contributed by atoms with Gasteiger partial charge in [-0.3, -0.25) is 20.3 Å². The van der Waals surface area contributed by atoms with Crippen molar-refractivity contribution in [3.63, 3.8) is 0 Å². The summed E-state index contributed by atoms with van der Waals surface area (Å²) in [6, 6.07) is 0. The molecule has 0 aliphatic carbocycles. The molecule has 0 radical (unpaired) electrons. The first kappa shape index (κ1) is 18.1. The van der Waals surface area contributed by atoms with Crippen molar-refractivity contribution in [2.45, 2.75) is 13.8 Å². The fourth-order valence-electron chi connectivity index (χ4n) is 2.14. The lowest BCUT2D eigenvalue weighted by Gasteiger charge is -2.25. The van der Waals surface area contributed by atoms with E-state index in [1.807, 2.05) is 12.2 Å². The molecule has 1 aromatic rings. The number of nitrogens with two attached hydrogens (primary N) is 1. The fraction of sp³-hybridized carbons (Fsp3) is 0.250. The van der Waals surface area contributed by atoms with Crippen molar-refractivity contribution in [1.82, 2.24) is 20.1 Å². The number of carbonyl (C=O) groups is 1. The van der Waals surface area contributed by atoms with E-state index in [-0.39, 0.29) is 17.3 Å². The lowest BCUT2D eigenvalue weighted by Crippen LogP contribution is -2.45. The Morgan fingerprint density at radius 2 is 2.28 bits per heavy atom. The Balaban J connectivity index is 2.27. The Labute approximate surface area is 146 Å². The Morgan fingerprint density at radius 3 is 2.84 bits per heavy atom. The molecule has 2 rings (SSSR count). The average molecular weight is 342 g/mol. The number of aromatic nitrogens is 2. The normalized spacial score (nSPS) is 13.8. The molecule has 1 aliphatic heterocycles. The van der Waals surface area contributed by atoms with E-state index >= 15 is 0 Å². The molecular formula is C16H22N8O. The topological polar surface area (TPSA) is 124 Å². The molecule has 5 N–H and O–H groups in total. The summed E-state index contributed by atoms with van der Waals surface area (Å²) in [6.07, 6.45) is 7.01. The van der Waals surface area contributed by atoms with Gasteiger partial charge in [0.1, 0.15) is 11.5 Å². The van der Waals surface area contributed by atoms with Gasteiger partial charge in [0.25, 0.3) is 0 Å². The van der Waals surface area contributed by atoms with E-state index in [1.54, 1.807) is 20.0 Å². The number of Topliss-reactive ketones (excluding diaryl/α,β-unsaturated/α-hetero) is 1.